The zero-order valence-corrected chi connectivity index (χ0v) is 10.9. The molecule has 1 heterocycles. The number of nitrogens with zero attached hydrogens (tertiary/aromatic N) is 3. The fourth-order valence-electron chi connectivity index (χ4n) is 1.68. The van der Waals surface area contributed by atoms with Crippen molar-refractivity contribution in [1.82, 2.24) is 20.1 Å². The van der Waals surface area contributed by atoms with Gasteiger partial charge >= 0.3 is 0 Å². The van der Waals surface area contributed by atoms with E-state index in [4.69, 9.17) is 0 Å². The van der Waals surface area contributed by atoms with Crippen LogP contribution in [-0.2, 0) is 6.42 Å². The van der Waals surface area contributed by atoms with Crippen LogP contribution < -0.4 is 5.32 Å². The highest BCUT2D eigenvalue weighted by Crippen LogP contribution is 2.07. The summed E-state index contributed by atoms with van der Waals surface area (Å²) < 4.78 is 2.01. The standard InChI is InChI=1S/C12H24N4/c1-10(2)13-8-6-5-7-12-14-9-15-16(12)11(3)4/h9-11,13H,5-8H2,1-4H3. The summed E-state index contributed by atoms with van der Waals surface area (Å²) in [5.74, 6) is 1.11. The predicted molar refractivity (Wildman–Crippen MR) is 66.5 cm³/mol. The highest BCUT2D eigenvalue weighted by Gasteiger charge is 2.06. The Balaban J connectivity index is 2.24. The van der Waals surface area contributed by atoms with Crippen molar-refractivity contribution in [1.29, 1.82) is 0 Å². The van der Waals surface area contributed by atoms with Crippen molar-refractivity contribution in [3.63, 3.8) is 0 Å². The summed E-state index contributed by atoms with van der Waals surface area (Å²) in [5.41, 5.74) is 0. The molecule has 0 saturated carbocycles. The Labute approximate surface area is 98.5 Å². The monoisotopic (exact) mass is 224 g/mol. The maximum Gasteiger partial charge on any atom is 0.138 e. The Bertz CT molecular complexity index is 291. The van der Waals surface area contributed by atoms with Crippen LogP contribution in [0.4, 0.5) is 0 Å². The lowest BCUT2D eigenvalue weighted by atomic mass is 10.2. The summed E-state index contributed by atoms with van der Waals surface area (Å²) in [4.78, 5) is 4.30. The number of unbranched alkanes of at least 4 members (excludes halogenated alkanes) is 1. The molecule has 0 amide bonds. The smallest absolute Gasteiger partial charge is 0.138 e. The molecule has 0 aliphatic heterocycles. The van der Waals surface area contributed by atoms with Gasteiger partial charge in [-0.3, -0.25) is 0 Å². The van der Waals surface area contributed by atoms with E-state index in [0.29, 0.717) is 12.1 Å². The van der Waals surface area contributed by atoms with E-state index in [1.54, 1.807) is 6.33 Å². The van der Waals surface area contributed by atoms with E-state index >= 15 is 0 Å². The molecule has 0 aliphatic rings. The minimum absolute atomic E-state index is 0.409. The molecule has 1 N–H and O–H groups in total. The molecule has 1 aromatic rings. The van der Waals surface area contributed by atoms with E-state index in [2.05, 4.69) is 43.1 Å². The topological polar surface area (TPSA) is 42.7 Å². The number of hydrogen-bond donors (Lipinski definition) is 1. The molecule has 0 radical (unpaired) electrons. The van der Waals surface area contributed by atoms with Crippen LogP contribution in [-0.4, -0.2) is 27.4 Å². The Kier molecular flexibility index (Phi) is 5.46. The average Bonchev–Trinajstić information content (AvgIpc) is 2.65. The molecule has 16 heavy (non-hydrogen) atoms. The van der Waals surface area contributed by atoms with E-state index in [-0.39, 0.29) is 0 Å². The van der Waals surface area contributed by atoms with Crippen molar-refractivity contribution in [2.45, 2.75) is 59.0 Å². The first-order valence-corrected chi connectivity index (χ1v) is 6.23. The highest BCUT2D eigenvalue weighted by atomic mass is 15.3. The van der Waals surface area contributed by atoms with Crippen molar-refractivity contribution in [2.24, 2.45) is 0 Å². The van der Waals surface area contributed by atoms with Crippen molar-refractivity contribution in [3.8, 4) is 0 Å². The van der Waals surface area contributed by atoms with Crippen LogP contribution in [0.5, 0.6) is 0 Å². The lowest BCUT2D eigenvalue weighted by Gasteiger charge is -2.10. The maximum atomic E-state index is 4.30. The second kappa shape index (κ2) is 6.63. The summed E-state index contributed by atoms with van der Waals surface area (Å²) in [6, 6.07) is 0.991. The summed E-state index contributed by atoms with van der Waals surface area (Å²) in [5, 5.41) is 7.65. The minimum Gasteiger partial charge on any atom is -0.315 e. The van der Waals surface area contributed by atoms with Crippen LogP contribution in [0.1, 0.15) is 52.4 Å². The molecular weight excluding hydrogens is 200 g/mol. The molecule has 4 nitrogen and oxygen atoms in total. The van der Waals surface area contributed by atoms with E-state index < -0.39 is 0 Å². The highest BCUT2D eigenvalue weighted by molar-refractivity contribution is 4.86. The van der Waals surface area contributed by atoms with Crippen LogP contribution >= 0.6 is 0 Å². The average molecular weight is 224 g/mol. The Morgan fingerprint density at radius 3 is 2.62 bits per heavy atom. The minimum atomic E-state index is 0.409. The molecule has 0 unspecified atom stereocenters. The zero-order chi connectivity index (χ0) is 12.0. The summed E-state index contributed by atoms with van der Waals surface area (Å²) in [6.07, 6.45) is 5.05. The third kappa shape index (κ3) is 4.31. The van der Waals surface area contributed by atoms with Gasteiger partial charge in [0.1, 0.15) is 12.2 Å². The molecule has 0 aliphatic carbocycles. The number of nitrogens with one attached hydrogen (secondary N) is 1. The van der Waals surface area contributed by atoms with Gasteiger partial charge in [-0.25, -0.2) is 9.67 Å². The van der Waals surface area contributed by atoms with Gasteiger partial charge in [-0.15, -0.1) is 0 Å². The quantitative estimate of drug-likeness (QED) is 0.722. The number of aromatic nitrogens is 3. The first-order valence-electron chi connectivity index (χ1n) is 6.23. The van der Waals surface area contributed by atoms with Gasteiger partial charge in [0.05, 0.1) is 0 Å². The molecule has 0 spiro atoms. The van der Waals surface area contributed by atoms with Crippen molar-refractivity contribution < 1.29 is 0 Å². The van der Waals surface area contributed by atoms with E-state index in [1.807, 2.05) is 4.68 Å². The lowest BCUT2D eigenvalue weighted by Crippen LogP contribution is -2.23. The van der Waals surface area contributed by atoms with Crippen LogP contribution in [0.2, 0.25) is 0 Å². The molecule has 4 heteroatoms. The van der Waals surface area contributed by atoms with Crippen molar-refractivity contribution in [3.05, 3.63) is 12.2 Å². The molecule has 0 atom stereocenters. The van der Waals surface area contributed by atoms with E-state index in [1.165, 1.54) is 12.8 Å². The van der Waals surface area contributed by atoms with Gasteiger partial charge in [-0.1, -0.05) is 13.8 Å². The Morgan fingerprint density at radius 1 is 1.25 bits per heavy atom. The van der Waals surface area contributed by atoms with Crippen LogP contribution in [0.15, 0.2) is 6.33 Å². The maximum absolute atomic E-state index is 4.30. The summed E-state index contributed by atoms with van der Waals surface area (Å²) in [6.45, 7) is 9.72. The fraction of sp³-hybridized carbons (Fsp3) is 0.833. The van der Waals surface area contributed by atoms with Gasteiger partial charge in [0, 0.05) is 18.5 Å². The molecule has 1 aromatic heterocycles. The van der Waals surface area contributed by atoms with Crippen LogP contribution in [0.3, 0.4) is 0 Å². The molecule has 0 aromatic carbocycles. The van der Waals surface area contributed by atoms with Crippen LogP contribution in [0.25, 0.3) is 0 Å². The van der Waals surface area contributed by atoms with Gasteiger partial charge in [-0.2, -0.15) is 5.10 Å². The van der Waals surface area contributed by atoms with Gasteiger partial charge in [0.25, 0.3) is 0 Å². The molecular formula is C12H24N4. The molecule has 0 fully saturated rings. The first-order chi connectivity index (χ1) is 7.61. The van der Waals surface area contributed by atoms with Gasteiger partial charge in [0.2, 0.25) is 0 Å². The molecule has 0 saturated heterocycles. The lowest BCUT2D eigenvalue weighted by molar-refractivity contribution is 0.493. The van der Waals surface area contributed by atoms with Crippen LogP contribution in [0, 0.1) is 0 Å². The fourth-order valence-corrected chi connectivity index (χ4v) is 1.68. The van der Waals surface area contributed by atoms with Gasteiger partial charge in [0.15, 0.2) is 0 Å². The third-order valence-corrected chi connectivity index (χ3v) is 2.52. The normalized spacial score (nSPS) is 11.6. The predicted octanol–water partition coefficient (Wildman–Crippen LogP) is 2.18. The largest absolute Gasteiger partial charge is 0.315 e. The number of aryl methyl sites for hydroxylation is 1. The van der Waals surface area contributed by atoms with Crippen molar-refractivity contribution in [2.75, 3.05) is 6.54 Å². The van der Waals surface area contributed by atoms with Crippen molar-refractivity contribution >= 4 is 0 Å². The SMILES string of the molecule is CC(C)NCCCCc1ncnn1C(C)C. The second-order valence-corrected chi connectivity index (χ2v) is 4.78. The second-order valence-electron chi connectivity index (χ2n) is 4.78. The molecule has 1 rings (SSSR count). The Morgan fingerprint density at radius 2 is 2.00 bits per heavy atom. The first kappa shape index (κ1) is 13.2. The third-order valence-electron chi connectivity index (χ3n) is 2.52. The van der Waals surface area contributed by atoms with E-state index in [0.717, 1.165) is 18.8 Å². The number of hydrogen-bond acceptors (Lipinski definition) is 3. The summed E-state index contributed by atoms with van der Waals surface area (Å²) in [7, 11) is 0. The summed E-state index contributed by atoms with van der Waals surface area (Å²) >= 11 is 0. The van der Waals surface area contributed by atoms with Gasteiger partial charge < -0.3 is 5.32 Å². The zero-order valence-electron chi connectivity index (χ0n) is 10.9. The van der Waals surface area contributed by atoms with E-state index in [9.17, 15) is 0 Å². The van der Waals surface area contributed by atoms with Gasteiger partial charge in [-0.05, 0) is 33.2 Å². The Hall–Kier alpha value is -0.900. The molecule has 0 bridgehead atoms. The number of rotatable bonds is 7. The molecule has 92 valence electrons.